The van der Waals surface area contributed by atoms with E-state index >= 15 is 0 Å². The minimum Gasteiger partial charge on any atom is -0.494 e. The molecule has 0 radical (unpaired) electrons. The van der Waals surface area contributed by atoms with Gasteiger partial charge in [-0.25, -0.2) is 4.98 Å². The first kappa shape index (κ1) is 24.5. The summed E-state index contributed by atoms with van der Waals surface area (Å²) in [6.45, 7) is 0. The molecule has 1 heterocycles. The minimum absolute atomic E-state index is 0.198. The Morgan fingerprint density at radius 1 is 0.889 bits per heavy atom. The summed E-state index contributed by atoms with van der Waals surface area (Å²) in [5, 5.41) is 6.17. The molecule has 0 aliphatic rings. The number of aryl methyl sites for hydroxylation is 1. The molecule has 4 aromatic rings. The van der Waals surface area contributed by atoms with E-state index in [-0.39, 0.29) is 23.8 Å². The monoisotopic (exact) mass is 486 g/mol. The van der Waals surface area contributed by atoms with Gasteiger partial charge in [0.05, 0.1) is 36.5 Å². The molecule has 9 nitrogen and oxygen atoms in total. The number of hydrogen-bond acceptors (Lipinski definition) is 6. The number of H-pyrrole nitrogens is 1. The van der Waals surface area contributed by atoms with Crippen LogP contribution in [0, 0.1) is 0 Å². The lowest BCUT2D eigenvalue weighted by Gasteiger charge is -2.16. The number of benzene rings is 3. The molecule has 0 fully saturated rings. The van der Waals surface area contributed by atoms with Crippen LogP contribution in [0.25, 0.3) is 10.9 Å². The van der Waals surface area contributed by atoms with Crippen LogP contribution in [0.4, 0.5) is 11.4 Å². The summed E-state index contributed by atoms with van der Waals surface area (Å²) in [4.78, 5) is 44.6. The number of anilines is 2. The van der Waals surface area contributed by atoms with Gasteiger partial charge in [-0.1, -0.05) is 30.3 Å². The van der Waals surface area contributed by atoms with Gasteiger partial charge < -0.3 is 25.1 Å². The number of hydrogen-bond donors (Lipinski definition) is 3. The van der Waals surface area contributed by atoms with E-state index in [9.17, 15) is 14.4 Å². The Morgan fingerprint density at radius 2 is 1.53 bits per heavy atom. The highest BCUT2D eigenvalue weighted by Gasteiger charge is 2.16. The average Bonchev–Trinajstić information content (AvgIpc) is 2.89. The Bertz CT molecular complexity index is 1450. The minimum atomic E-state index is -0.298. The lowest BCUT2D eigenvalue weighted by molar-refractivity contribution is -0.116. The van der Waals surface area contributed by atoms with E-state index in [0.29, 0.717) is 58.0 Å². The van der Waals surface area contributed by atoms with Gasteiger partial charge in [0.15, 0.2) is 0 Å². The summed E-state index contributed by atoms with van der Waals surface area (Å²) in [5.41, 5.74) is 1.74. The molecular formula is C27H26N4O5. The fraction of sp³-hybridized carbons (Fsp3) is 0.185. The highest BCUT2D eigenvalue weighted by Crippen LogP contribution is 2.36. The number of methoxy groups -OCH3 is 2. The maximum absolute atomic E-state index is 12.6. The van der Waals surface area contributed by atoms with Gasteiger partial charge in [0.25, 0.3) is 11.5 Å². The highest BCUT2D eigenvalue weighted by atomic mass is 16.5. The molecule has 36 heavy (non-hydrogen) atoms. The molecule has 4 rings (SSSR count). The van der Waals surface area contributed by atoms with Gasteiger partial charge >= 0.3 is 0 Å². The summed E-state index contributed by atoms with van der Waals surface area (Å²) in [7, 11) is 2.95. The van der Waals surface area contributed by atoms with Crippen LogP contribution in [0.3, 0.4) is 0 Å². The Labute approximate surface area is 207 Å². The van der Waals surface area contributed by atoms with E-state index < -0.39 is 0 Å². The predicted octanol–water partition coefficient (Wildman–Crippen LogP) is 4.15. The molecule has 184 valence electrons. The molecule has 0 saturated heterocycles. The lowest BCUT2D eigenvalue weighted by atomic mass is 10.1. The molecule has 3 N–H and O–H groups in total. The van der Waals surface area contributed by atoms with E-state index in [4.69, 9.17) is 9.47 Å². The van der Waals surface area contributed by atoms with Gasteiger partial charge in [-0.3, -0.25) is 14.4 Å². The van der Waals surface area contributed by atoms with Crippen LogP contribution in [0.1, 0.15) is 29.0 Å². The number of nitrogens with zero attached hydrogens (tertiary/aromatic N) is 1. The Morgan fingerprint density at radius 3 is 2.22 bits per heavy atom. The molecule has 0 atom stereocenters. The molecule has 9 heteroatoms. The zero-order valence-electron chi connectivity index (χ0n) is 20.0. The largest absolute Gasteiger partial charge is 0.494 e. The SMILES string of the molecule is COc1cc(NC(=O)c2ccccc2)c(OC)cc1NC(=O)CCCc1nc2ccccc2c(=O)[nH]1. The summed E-state index contributed by atoms with van der Waals surface area (Å²) in [6.07, 6.45) is 1.13. The third-order valence-electron chi connectivity index (χ3n) is 5.56. The fourth-order valence-corrected chi connectivity index (χ4v) is 3.76. The molecule has 0 aliphatic heterocycles. The van der Waals surface area contributed by atoms with Crippen LogP contribution in [0.5, 0.6) is 11.5 Å². The van der Waals surface area contributed by atoms with Gasteiger partial charge in [-0.2, -0.15) is 0 Å². The quantitative estimate of drug-likeness (QED) is 0.327. The zero-order valence-corrected chi connectivity index (χ0v) is 20.0. The molecule has 0 bridgehead atoms. The molecule has 3 aromatic carbocycles. The van der Waals surface area contributed by atoms with Crippen molar-refractivity contribution in [3.63, 3.8) is 0 Å². The number of rotatable bonds is 9. The van der Waals surface area contributed by atoms with Gasteiger partial charge in [0, 0.05) is 30.5 Å². The van der Waals surface area contributed by atoms with Crippen molar-refractivity contribution in [2.24, 2.45) is 0 Å². The van der Waals surface area contributed by atoms with Crippen LogP contribution in [0.2, 0.25) is 0 Å². The maximum Gasteiger partial charge on any atom is 0.258 e. The van der Waals surface area contributed by atoms with Crippen molar-refractivity contribution in [1.29, 1.82) is 0 Å². The van der Waals surface area contributed by atoms with Crippen molar-refractivity contribution < 1.29 is 19.1 Å². The van der Waals surface area contributed by atoms with Crippen LogP contribution in [-0.4, -0.2) is 36.0 Å². The van der Waals surface area contributed by atoms with E-state index in [1.807, 2.05) is 12.1 Å². The number of aromatic amines is 1. The average molecular weight is 487 g/mol. The third-order valence-corrected chi connectivity index (χ3v) is 5.56. The van der Waals surface area contributed by atoms with Crippen LogP contribution in [-0.2, 0) is 11.2 Å². The zero-order chi connectivity index (χ0) is 25.5. The standard InChI is InChI=1S/C27H26N4O5/c1-35-22-16-21(30-26(33)17-9-4-3-5-10-17)23(36-2)15-20(22)29-25(32)14-8-13-24-28-19-12-7-6-11-18(19)27(34)31-24/h3-7,9-12,15-16H,8,13-14H2,1-2H3,(H,29,32)(H,30,33)(H,28,31,34). The van der Waals surface area contributed by atoms with E-state index in [2.05, 4.69) is 20.6 Å². The highest BCUT2D eigenvalue weighted by molar-refractivity contribution is 6.05. The Hall–Kier alpha value is -4.66. The number of fused-ring (bicyclic) bond motifs is 1. The van der Waals surface area contributed by atoms with Crippen molar-refractivity contribution in [2.45, 2.75) is 19.3 Å². The second-order valence-corrected chi connectivity index (χ2v) is 8.00. The predicted molar refractivity (Wildman–Crippen MR) is 138 cm³/mol. The second-order valence-electron chi connectivity index (χ2n) is 8.00. The fourth-order valence-electron chi connectivity index (χ4n) is 3.76. The van der Waals surface area contributed by atoms with Crippen LogP contribution in [0.15, 0.2) is 71.5 Å². The van der Waals surface area contributed by atoms with Gasteiger partial charge in [-0.05, 0) is 30.7 Å². The van der Waals surface area contributed by atoms with Crippen LogP contribution < -0.4 is 25.7 Å². The molecule has 0 spiro atoms. The molecule has 0 unspecified atom stereocenters. The summed E-state index contributed by atoms with van der Waals surface area (Å²) >= 11 is 0. The smallest absolute Gasteiger partial charge is 0.258 e. The molecule has 0 saturated carbocycles. The number of nitrogens with one attached hydrogen (secondary N) is 3. The second kappa shape index (κ2) is 11.2. The van der Waals surface area contributed by atoms with Crippen LogP contribution >= 0.6 is 0 Å². The summed E-state index contributed by atoms with van der Waals surface area (Å²) in [6, 6.07) is 19.1. The third kappa shape index (κ3) is 5.69. The normalized spacial score (nSPS) is 10.6. The maximum atomic E-state index is 12.6. The molecule has 0 aliphatic carbocycles. The van der Waals surface area contributed by atoms with E-state index in [0.717, 1.165) is 0 Å². The topological polar surface area (TPSA) is 122 Å². The van der Waals surface area contributed by atoms with E-state index in [1.54, 1.807) is 54.6 Å². The van der Waals surface area contributed by atoms with Crippen molar-refractivity contribution in [3.05, 3.63) is 88.5 Å². The Kier molecular flexibility index (Phi) is 7.60. The first-order valence-corrected chi connectivity index (χ1v) is 11.4. The number of para-hydroxylation sites is 1. The van der Waals surface area contributed by atoms with Crippen molar-refractivity contribution in [2.75, 3.05) is 24.9 Å². The number of carbonyl (C=O) groups is 2. The first-order chi connectivity index (χ1) is 17.5. The van der Waals surface area contributed by atoms with Crippen molar-refractivity contribution in [1.82, 2.24) is 9.97 Å². The number of aromatic nitrogens is 2. The molecule has 2 amide bonds. The number of ether oxygens (including phenoxy) is 2. The number of carbonyl (C=O) groups excluding carboxylic acids is 2. The van der Waals surface area contributed by atoms with Crippen molar-refractivity contribution in [3.8, 4) is 11.5 Å². The van der Waals surface area contributed by atoms with Gasteiger partial charge in [0.2, 0.25) is 5.91 Å². The first-order valence-electron chi connectivity index (χ1n) is 11.4. The number of amides is 2. The summed E-state index contributed by atoms with van der Waals surface area (Å²) in [5.74, 6) is 0.734. The van der Waals surface area contributed by atoms with E-state index in [1.165, 1.54) is 14.2 Å². The Balaban J connectivity index is 1.41. The van der Waals surface area contributed by atoms with Gasteiger partial charge in [-0.15, -0.1) is 0 Å². The van der Waals surface area contributed by atoms with Crippen molar-refractivity contribution >= 4 is 34.1 Å². The molecular weight excluding hydrogens is 460 g/mol. The summed E-state index contributed by atoms with van der Waals surface area (Å²) < 4.78 is 10.9. The lowest BCUT2D eigenvalue weighted by Crippen LogP contribution is -2.15. The molecule has 1 aromatic heterocycles. The van der Waals surface area contributed by atoms with Gasteiger partial charge in [0.1, 0.15) is 17.3 Å².